The van der Waals surface area contributed by atoms with Crippen LogP contribution in [0.2, 0.25) is 0 Å². The Balaban J connectivity index is 1.89. The van der Waals surface area contributed by atoms with E-state index >= 15 is 0 Å². The number of rotatable bonds is 4. The molecule has 1 amide bonds. The van der Waals surface area contributed by atoms with Crippen LogP contribution in [-0.4, -0.2) is 52.3 Å². The number of ether oxygens (including phenoxy) is 2. The number of nitrogens with zero attached hydrogens (tertiary/aromatic N) is 1. The van der Waals surface area contributed by atoms with Crippen LogP contribution >= 0.6 is 0 Å². The highest BCUT2D eigenvalue weighted by Crippen LogP contribution is 2.57. The van der Waals surface area contributed by atoms with E-state index in [4.69, 9.17) is 13.7 Å². The molecule has 2 fully saturated rings. The number of hydrogen-bond donors (Lipinski definition) is 0. The van der Waals surface area contributed by atoms with Gasteiger partial charge >= 0.3 is 0 Å². The molecule has 2 aliphatic heterocycles. The molecule has 1 aliphatic carbocycles. The van der Waals surface area contributed by atoms with Gasteiger partial charge in [0.25, 0.3) is 16.0 Å². The Morgan fingerprint density at radius 2 is 1.85 bits per heavy atom. The van der Waals surface area contributed by atoms with Crippen LogP contribution in [-0.2, 0) is 31.1 Å². The van der Waals surface area contributed by atoms with Gasteiger partial charge in [-0.15, -0.1) is 0 Å². The Bertz CT molecular complexity index is 882. The van der Waals surface area contributed by atoms with Crippen LogP contribution in [0.5, 0.6) is 11.5 Å². The van der Waals surface area contributed by atoms with E-state index in [1.807, 2.05) is 17.0 Å². The van der Waals surface area contributed by atoms with Crippen molar-refractivity contribution in [3.05, 3.63) is 23.3 Å². The highest BCUT2D eigenvalue weighted by molar-refractivity contribution is 7.86. The second-order valence-corrected chi connectivity index (χ2v) is 9.20. The van der Waals surface area contributed by atoms with E-state index < -0.39 is 21.8 Å². The van der Waals surface area contributed by atoms with Crippen LogP contribution in [0.1, 0.15) is 36.8 Å². The number of methoxy groups -OCH3 is 2. The summed E-state index contributed by atoms with van der Waals surface area (Å²) in [5, 5.41) is 0. The largest absolute Gasteiger partial charge is 0.493 e. The molecule has 148 valence electrons. The van der Waals surface area contributed by atoms with Crippen molar-refractivity contribution in [2.45, 2.75) is 43.7 Å². The van der Waals surface area contributed by atoms with E-state index in [1.165, 1.54) is 0 Å². The second kappa shape index (κ2) is 6.38. The van der Waals surface area contributed by atoms with Crippen LogP contribution in [0.15, 0.2) is 12.1 Å². The lowest BCUT2D eigenvalue weighted by Gasteiger charge is -2.49. The molecule has 0 N–H and O–H groups in total. The van der Waals surface area contributed by atoms with Crippen molar-refractivity contribution >= 4 is 16.0 Å². The first-order valence-corrected chi connectivity index (χ1v) is 11.1. The number of carbonyl (C=O) groups excluding carboxylic acids is 1. The molecule has 8 heteroatoms. The van der Waals surface area contributed by atoms with Crippen molar-refractivity contribution in [3.63, 3.8) is 0 Å². The highest BCUT2D eigenvalue weighted by atomic mass is 32.2. The maximum absolute atomic E-state index is 13.1. The minimum atomic E-state index is -3.73. The molecule has 1 spiro atoms. The SMILES string of the molecule is COc1cc2c(cc1OC)[C@]13CCCC[C@H]1[C@@H](OS(C)(=O)=O)C(=O)N3CC2. The fraction of sp³-hybridized carbons (Fsp3) is 0.632. The van der Waals surface area contributed by atoms with Gasteiger partial charge in [0.05, 0.1) is 26.0 Å². The molecule has 27 heavy (non-hydrogen) atoms. The summed E-state index contributed by atoms with van der Waals surface area (Å²) >= 11 is 0. The topological polar surface area (TPSA) is 82.1 Å². The van der Waals surface area contributed by atoms with Gasteiger partial charge in [-0.25, -0.2) is 0 Å². The lowest BCUT2D eigenvalue weighted by Crippen LogP contribution is -2.52. The molecule has 0 radical (unpaired) electrons. The van der Waals surface area contributed by atoms with Crippen molar-refractivity contribution in [1.29, 1.82) is 0 Å². The molecule has 0 unspecified atom stereocenters. The predicted molar refractivity (Wildman–Crippen MR) is 98.3 cm³/mol. The maximum atomic E-state index is 13.1. The summed E-state index contributed by atoms with van der Waals surface area (Å²) in [7, 11) is -0.530. The normalized spacial score (nSPS) is 29.7. The van der Waals surface area contributed by atoms with Crippen LogP contribution < -0.4 is 9.47 Å². The zero-order valence-electron chi connectivity index (χ0n) is 15.9. The first-order valence-electron chi connectivity index (χ1n) is 9.27. The molecule has 0 aromatic heterocycles. The lowest BCUT2D eigenvalue weighted by atomic mass is 9.66. The Morgan fingerprint density at radius 1 is 1.15 bits per heavy atom. The zero-order valence-corrected chi connectivity index (χ0v) is 16.7. The quantitative estimate of drug-likeness (QED) is 0.724. The van der Waals surface area contributed by atoms with Gasteiger partial charge in [-0.05, 0) is 42.5 Å². The average molecular weight is 395 g/mol. The van der Waals surface area contributed by atoms with E-state index in [0.717, 1.165) is 43.1 Å². The maximum Gasteiger partial charge on any atom is 0.265 e. The molecule has 4 rings (SSSR count). The van der Waals surface area contributed by atoms with Gasteiger partial charge in [0.2, 0.25) is 0 Å². The summed E-state index contributed by atoms with van der Waals surface area (Å²) in [4.78, 5) is 15.0. The minimum absolute atomic E-state index is 0.189. The summed E-state index contributed by atoms with van der Waals surface area (Å²) < 4.78 is 39.9. The molecule has 1 saturated carbocycles. The fourth-order valence-corrected chi connectivity index (χ4v) is 5.88. The molecule has 1 saturated heterocycles. The second-order valence-electron chi connectivity index (χ2n) is 7.60. The van der Waals surface area contributed by atoms with Gasteiger partial charge in [0.15, 0.2) is 17.6 Å². The first-order chi connectivity index (χ1) is 12.8. The molecule has 1 aromatic carbocycles. The summed E-state index contributed by atoms with van der Waals surface area (Å²) in [6.45, 7) is 0.557. The molecular weight excluding hydrogens is 370 g/mol. The number of carbonyl (C=O) groups is 1. The zero-order chi connectivity index (χ0) is 19.4. The monoisotopic (exact) mass is 395 g/mol. The summed E-state index contributed by atoms with van der Waals surface area (Å²) in [6, 6.07) is 3.95. The highest BCUT2D eigenvalue weighted by Gasteiger charge is 2.62. The fourth-order valence-electron chi connectivity index (χ4n) is 5.29. The first kappa shape index (κ1) is 18.6. The Hall–Kier alpha value is -1.80. The summed E-state index contributed by atoms with van der Waals surface area (Å²) in [5.41, 5.74) is 1.64. The average Bonchev–Trinajstić information content (AvgIpc) is 2.88. The van der Waals surface area contributed by atoms with E-state index in [9.17, 15) is 13.2 Å². The van der Waals surface area contributed by atoms with Crippen LogP contribution in [0.3, 0.4) is 0 Å². The molecule has 2 heterocycles. The van der Waals surface area contributed by atoms with E-state index in [0.29, 0.717) is 24.5 Å². The van der Waals surface area contributed by atoms with Gasteiger partial charge in [0.1, 0.15) is 0 Å². The number of benzene rings is 1. The summed E-state index contributed by atoms with van der Waals surface area (Å²) in [6.07, 6.45) is 4.26. The van der Waals surface area contributed by atoms with Crippen molar-refractivity contribution in [1.82, 2.24) is 4.90 Å². The van der Waals surface area contributed by atoms with Gasteiger partial charge < -0.3 is 14.4 Å². The van der Waals surface area contributed by atoms with E-state index in [2.05, 4.69) is 0 Å². The van der Waals surface area contributed by atoms with Crippen molar-refractivity contribution in [3.8, 4) is 11.5 Å². The molecule has 0 bridgehead atoms. The van der Waals surface area contributed by atoms with Gasteiger partial charge in [-0.2, -0.15) is 8.42 Å². The van der Waals surface area contributed by atoms with Crippen LogP contribution in [0.25, 0.3) is 0 Å². The Labute approximate surface area is 159 Å². The van der Waals surface area contributed by atoms with Crippen molar-refractivity contribution in [2.75, 3.05) is 27.0 Å². The van der Waals surface area contributed by atoms with E-state index in [1.54, 1.807) is 14.2 Å². The van der Waals surface area contributed by atoms with Gasteiger partial charge in [-0.1, -0.05) is 12.8 Å². The number of fused-ring (bicyclic) bond motifs is 1. The Kier molecular flexibility index (Phi) is 4.38. The molecule has 3 aliphatic rings. The van der Waals surface area contributed by atoms with Gasteiger partial charge in [-0.3, -0.25) is 8.98 Å². The third-order valence-electron chi connectivity index (χ3n) is 6.25. The number of amides is 1. The Morgan fingerprint density at radius 3 is 2.52 bits per heavy atom. The molecule has 1 aromatic rings. The summed E-state index contributed by atoms with van der Waals surface area (Å²) in [5.74, 6) is 0.886. The van der Waals surface area contributed by atoms with Crippen molar-refractivity contribution < 1.29 is 26.9 Å². The smallest absolute Gasteiger partial charge is 0.265 e. The van der Waals surface area contributed by atoms with Crippen LogP contribution in [0, 0.1) is 5.92 Å². The third kappa shape index (κ3) is 2.72. The molecule has 3 atom stereocenters. The van der Waals surface area contributed by atoms with Crippen molar-refractivity contribution in [2.24, 2.45) is 5.92 Å². The standard InChI is InChI=1S/C19H25NO6S/c1-24-15-10-12-7-9-20-18(21)17(26-27(3,22)23)13-6-4-5-8-19(13,20)14(12)11-16(15)25-2/h10-11,13,17H,4-9H2,1-3H3/t13-,17+,19-/m0/s1. The predicted octanol–water partition coefficient (Wildman–Crippen LogP) is 1.83. The molecular formula is C19H25NO6S. The third-order valence-corrected chi connectivity index (χ3v) is 6.81. The minimum Gasteiger partial charge on any atom is -0.493 e. The molecule has 7 nitrogen and oxygen atoms in total. The van der Waals surface area contributed by atoms with Gasteiger partial charge in [0, 0.05) is 12.5 Å². The lowest BCUT2D eigenvalue weighted by molar-refractivity contribution is -0.136. The van der Waals surface area contributed by atoms with E-state index in [-0.39, 0.29) is 11.8 Å². The van der Waals surface area contributed by atoms with Crippen LogP contribution in [0.4, 0.5) is 0 Å². The number of hydrogen-bond acceptors (Lipinski definition) is 6.